The smallest absolute Gasteiger partial charge is 0.0858 e. The zero-order chi connectivity index (χ0) is 9.68. The van der Waals surface area contributed by atoms with Crippen LogP contribution in [0, 0.1) is 0 Å². The summed E-state index contributed by atoms with van der Waals surface area (Å²) in [4.78, 5) is 0. The van der Waals surface area contributed by atoms with Gasteiger partial charge in [0.2, 0.25) is 0 Å². The minimum atomic E-state index is 0.215. The second-order valence-electron chi connectivity index (χ2n) is 3.51. The quantitative estimate of drug-likeness (QED) is 0.656. The molecular formula is C10H20O3. The van der Waals surface area contributed by atoms with Crippen molar-refractivity contribution in [2.24, 2.45) is 0 Å². The van der Waals surface area contributed by atoms with Crippen LogP contribution in [0.4, 0.5) is 0 Å². The van der Waals surface area contributed by atoms with Crippen molar-refractivity contribution in [1.29, 1.82) is 0 Å². The average Bonchev–Trinajstić information content (AvgIpc) is 2.57. The summed E-state index contributed by atoms with van der Waals surface area (Å²) in [5.41, 5.74) is 0. The number of ether oxygens (including phenoxy) is 3. The summed E-state index contributed by atoms with van der Waals surface area (Å²) in [6.45, 7) is 2.97. The lowest BCUT2D eigenvalue weighted by atomic mass is 10.3. The lowest BCUT2D eigenvalue weighted by Crippen LogP contribution is -2.23. The molecular weight excluding hydrogens is 168 g/mol. The van der Waals surface area contributed by atoms with E-state index in [4.69, 9.17) is 14.2 Å². The Bertz CT molecular complexity index is 126. The Balaban J connectivity index is 2.30. The molecule has 0 bridgehead atoms. The van der Waals surface area contributed by atoms with Gasteiger partial charge in [0.05, 0.1) is 18.3 Å². The van der Waals surface area contributed by atoms with Gasteiger partial charge in [0.15, 0.2) is 0 Å². The lowest BCUT2D eigenvalue weighted by Gasteiger charge is -2.14. The van der Waals surface area contributed by atoms with Crippen molar-refractivity contribution in [3.8, 4) is 0 Å². The third kappa shape index (κ3) is 2.93. The van der Waals surface area contributed by atoms with Crippen LogP contribution in [-0.4, -0.2) is 39.1 Å². The second-order valence-corrected chi connectivity index (χ2v) is 3.51. The highest BCUT2D eigenvalue weighted by molar-refractivity contribution is 4.85. The van der Waals surface area contributed by atoms with E-state index < -0.39 is 0 Å². The number of methoxy groups -OCH3 is 2. The number of rotatable bonds is 5. The zero-order valence-corrected chi connectivity index (χ0v) is 8.79. The predicted octanol–water partition coefficient (Wildman–Crippen LogP) is 1.61. The van der Waals surface area contributed by atoms with Crippen LogP contribution in [0.1, 0.15) is 26.2 Å². The maximum atomic E-state index is 5.66. The van der Waals surface area contributed by atoms with Crippen LogP contribution in [0.5, 0.6) is 0 Å². The molecule has 0 aliphatic heterocycles. The van der Waals surface area contributed by atoms with Gasteiger partial charge in [-0.25, -0.2) is 0 Å². The van der Waals surface area contributed by atoms with E-state index in [1.165, 1.54) is 0 Å². The van der Waals surface area contributed by atoms with E-state index in [9.17, 15) is 0 Å². The van der Waals surface area contributed by atoms with Gasteiger partial charge >= 0.3 is 0 Å². The predicted molar refractivity (Wildman–Crippen MR) is 50.9 cm³/mol. The third-order valence-corrected chi connectivity index (χ3v) is 2.57. The van der Waals surface area contributed by atoms with E-state index in [2.05, 4.69) is 6.92 Å². The van der Waals surface area contributed by atoms with Crippen molar-refractivity contribution < 1.29 is 14.2 Å². The maximum absolute atomic E-state index is 5.66. The van der Waals surface area contributed by atoms with Gasteiger partial charge in [-0.05, 0) is 6.42 Å². The van der Waals surface area contributed by atoms with Crippen LogP contribution in [0.3, 0.4) is 0 Å². The summed E-state index contributed by atoms with van der Waals surface area (Å²) >= 11 is 0. The molecule has 0 aromatic rings. The fourth-order valence-electron chi connectivity index (χ4n) is 1.83. The normalized spacial score (nSPS) is 33.9. The minimum Gasteiger partial charge on any atom is -0.379 e. The van der Waals surface area contributed by atoms with Gasteiger partial charge in [-0.2, -0.15) is 0 Å². The molecule has 78 valence electrons. The van der Waals surface area contributed by atoms with E-state index in [1.807, 2.05) is 0 Å². The molecule has 1 rings (SSSR count). The molecule has 0 radical (unpaired) electrons. The van der Waals surface area contributed by atoms with Gasteiger partial charge < -0.3 is 14.2 Å². The Hall–Kier alpha value is -0.120. The van der Waals surface area contributed by atoms with Crippen molar-refractivity contribution in [2.75, 3.05) is 20.8 Å². The van der Waals surface area contributed by atoms with Crippen LogP contribution >= 0.6 is 0 Å². The van der Waals surface area contributed by atoms with Crippen LogP contribution < -0.4 is 0 Å². The van der Waals surface area contributed by atoms with Gasteiger partial charge in [-0.15, -0.1) is 0 Å². The molecule has 1 saturated carbocycles. The van der Waals surface area contributed by atoms with Crippen LogP contribution in [0.25, 0.3) is 0 Å². The Morgan fingerprint density at radius 1 is 1.08 bits per heavy atom. The summed E-state index contributed by atoms with van der Waals surface area (Å²) < 4.78 is 16.3. The van der Waals surface area contributed by atoms with Crippen molar-refractivity contribution in [3.63, 3.8) is 0 Å². The molecule has 0 saturated heterocycles. The van der Waals surface area contributed by atoms with Gasteiger partial charge in [-0.1, -0.05) is 6.92 Å². The molecule has 2 atom stereocenters. The molecule has 0 spiro atoms. The third-order valence-electron chi connectivity index (χ3n) is 2.57. The fraction of sp³-hybridized carbons (Fsp3) is 1.00. The van der Waals surface area contributed by atoms with E-state index in [-0.39, 0.29) is 12.2 Å². The molecule has 0 aromatic carbocycles. The van der Waals surface area contributed by atoms with Crippen molar-refractivity contribution >= 4 is 0 Å². The van der Waals surface area contributed by atoms with Gasteiger partial charge in [0, 0.05) is 33.7 Å². The topological polar surface area (TPSA) is 27.7 Å². The molecule has 0 heterocycles. The van der Waals surface area contributed by atoms with Crippen LogP contribution in [0.2, 0.25) is 0 Å². The molecule has 1 aliphatic rings. The highest BCUT2D eigenvalue weighted by atomic mass is 16.5. The van der Waals surface area contributed by atoms with Crippen LogP contribution in [0.15, 0.2) is 0 Å². The second kappa shape index (κ2) is 5.58. The average molecular weight is 188 g/mol. The fourth-order valence-corrected chi connectivity index (χ4v) is 1.83. The molecule has 3 nitrogen and oxygen atoms in total. The monoisotopic (exact) mass is 188 g/mol. The summed E-state index contributed by atoms with van der Waals surface area (Å²) in [5, 5.41) is 0. The maximum Gasteiger partial charge on any atom is 0.0858 e. The molecule has 0 aromatic heterocycles. The first-order chi connectivity index (χ1) is 6.31. The summed E-state index contributed by atoms with van der Waals surface area (Å²) in [5.74, 6) is 0. The Labute approximate surface area is 80.4 Å². The summed E-state index contributed by atoms with van der Waals surface area (Å²) in [6.07, 6.45) is 3.77. The molecule has 0 N–H and O–H groups in total. The number of hydrogen-bond acceptors (Lipinski definition) is 3. The highest BCUT2D eigenvalue weighted by Crippen LogP contribution is 2.26. The van der Waals surface area contributed by atoms with Crippen LogP contribution in [-0.2, 0) is 14.2 Å². The van der Waals surface area contributed by atoms with Crippen molar-refractivity contribution in [2.45, 2.75) is 44.5 Å². The molecule has 3 heteroatoms. The minimum absolute atomic E-state index is 0.215. The molecule has 2 unspecified atom stereocenters. The first kappa shape index (κ1) is 11.0. The van der Waals surface area contributed by atoms with Gasteiger partial charge in [0.25, 0.3) is 0 Å². The Morgan fingerprint density at radius 3 is 2.00 bits per heavy atom. The number of hydrogen-bond donors (Lipinski definition) is 0. The van der Waals surface area contributed by atoms with Gasteiger partial charge in [0.1, 0.15) is 0 Å². The van der Waals surface area contributed by atoms with E-state index in [0.29, 0.717) is 6.10 Å². The SMILES string of the molecule is CCCOC1CC(OC)C(OC)C1. The van der Waals surface area contributed by atoms with Crippen molar-refractivity contribution in [1.82, 2.24) is 0 Å². The molecule has 13 heavy (non-hydrogen) atoms. The van der Waals surface area contributed by atoms with Crippen molar-refractivity contribution in [3.05, 3.63) is 0 Å². The highest BCUT2D eigenvalue weighted by Gasteiger charge is 2.34. The standard InChI is InChI=1S/C10H20O3/c1-4-5-13-8-6-9(11-2)10(7-8)12-3/h8-10H,4-7H2,1-3H3. The van der Waals surface area contributed by atoms with E-state index in [0.717, 1.165) is 25.9 Å². The van der Waals surface area contributed by atoms with Gasteiger partial charge in [-0.3, -0.25) is 0 Å². The Kier molecular flexibility index (Phi) is 4.70. The first-order valence-electron chi connectivity index (χ1n) is 4.99. The largest absolute Gasteiger partial charge is 0.379 e. The summed E-state index contributed by atoms with van der Waals surface area (Å²) in [6, 6.07) is 0. The molecule has 0 amide bonds. The zero-order valence-electron chi connectivity index (χ0n) is 8.79. The summed E-state index contributed by atoms with van der Waals surface area (Å²) in [7, 11) is 3.47. The van der Waals surface area contributed by atoms with E-state index >= 15 is 0 Å². The Morgan fingerprint density at radius 2 is 1.62 bits per heavy atom. The molecule has 1 fully saturated rings. The first-order valence-corrected chi connectivity index (χ1v) is 4.99. The van der Waals surface area contributed by atoms with E-state index in [1.54, 1.807) is 14.2 Å². The lowest BCUT2D eigenvalue weighted by molar-refractivity contribution is -0.0157. The molecule has 1 aliphatic carbocycles.